The Morgan fingerprint density at radius 1 is 0.771 bits per heavy atom. The first-order chi connectivity index (χ1) is 17.0. The zero-order valence-corrected chi connectivity index (χ0v) is 19.2. The van der Waals surface area contributed by atoms with E-state index in [9.17, 15) is 13.6 Å². The molecular weight excluding hydrogens is 448 g/mol. The first-order valence-corrected chi connectivity index (χ1v) is 11.1. The Bertz CT molecular complexity index is 1150. The molecule has 0 saturated carbocycles. The Morgan fingerprint density at radius 2 is 1.26 bits per heavy atom. The minimum absolute atomic E-state index is 0.101. The van der Waals surface area contributed by atoms with Crippen molar-refractivity contribution in [3.63, 3.8) is 0 Å². The molecule has 0 spiro atoms. The highest BCUT2D eigenvalue weighted by Gasteiger charge is 2.40. The van der Waals surface area contributed by atoms with Gasteiger partial charge in [0.15, 0.2) is 11.6 Å². The number of carbonyl (C=O) groups is 1. The van der Waals surface area contributed by atoms with Gasteiger partial charge in [0.1, 0.15) is 18.4 Å². The second-order valence-corrected chi connectivity index (χ2v) is 7.96. The van der Waals surface area contributed by atoms with E-state index in [4.69, 9.17) is 9.47 Å². The number of ether oxygens (including phenoxy) is 2. The Kier molecular flexibility index (Phi) is 7.53. The van der Waals surface area contributed by atoms with Crippen molar-refractivity contribution >= 4 is 5.97 Å². The number of hydrogen-bond donors (Lipinski definition) is 1. The number of carbonyl (C=O) groups excluding carboxylic acids is 1. The number of esters is 1. The van der Waals surface area contributed by atoms with Crippen LogP contribution >= 0.6 is 0 Å². The van der Waals surface area contributed by atoms with Crippen molar-refractivity contribution in [1.82, 2.24) is 5.32 Å². The lowest BCUT2D eigenvalue weighted by Crippen LogP contribution is -2.55. The topological polar surface area (TPSA) is 47.6 Å². The molecule has 0 aromatic heterocycles. The van der Waals surface area contributed by atoms with Crippen molar-refractivity contribution in [3.8, 4) is 5.75 Å². The molecule has 6 heteroatoms. The lowest BCUT2D eigenvalue weighted by molar-refractivity contribution is -0.144. The van der Waals surface area contributed by atoms with Crippen LogP contribution in [0.5, 0.6) is 5.75 Å². The number of halogens is 2. The summed E-state index contributed by atoms with van der Waals surface area (Å²) in [6.45, 7) is -0.175. The average Bonchev–Trinajstić information content (AvgIpc) is 2.92. The number of rotatable bonds is 9. The average molecular weight is 474 g/mol. The molecule has 0 bridgehead atoms. The molecule has 0 aliphatic heterocycles. The molecule has 0 aliphatic carbocycles. The van der Waals surface area contributed by atoms with E-state index in [1.165, 1.54) is 13.2 Å². The number of benzene rings is 4. The van der Waals surface area contributed by atoms with Gasteiger partial charge >= 0.3 is 5.97 Å². The van der Waals surface area contributed by atoms with E-state index in [-0.39, 0.29) is 12.4 Å². The largest absolute Gasteiger partial charge is 0.491 e. The lowest BCUT2D eigenvalue weighted by atomic mass is 9.76. The molecular formula is C29H25F2NO3. The van der Waals surface area contributed by atoms with Gasteiger partial charge in [-0.15, -0.1) is 0 Å². The van der Waals surface area contributed by atoms with Crippen molar-refractivity contribution in [3.05, 3.63) is 138 Å². The van der Waals surface area contributed by atoms with Crippen LogP contribution in [0.15, 0.2) is 109 Å². The molecule has 0 unspecified atom stereocenters. The Hall–Kier alpha value is -4.03. The summed E-state index contributed by atoms with van der Waals surface area (Å²) in [5.74, 6) is -2.46. The molecule has 0 radical (unpaired) electrons. The van der Waals surface area contributed by atoms with E-state index in [0.717, 1.165) is 28.8 Å². The van der Waals surface area contributed by atoms with Gasteiger partial charge in [0.05, 0.1) is 12.6 Å². The summed E-state index contributed by atoms with van der Waals surface area (Å²) in [6, 6.07) is 31.6. The molecule has 4 aromatic rings. The molecule has 1 N–H and O–H groups in total. The molecule has 0 saturated heterocycles. The summed E-state index contributed by atoms with van der Waals surface area (Å²) in [5.41, 5.74) is 1.76. The standard InChI is InChI=1S/C29H25F2NO3/c1-34-28(33)27(20-35-24-17-18-25(30)26(31)19-24)32-29(21-11-5-2-6-12-21,22-13-7-3-8-14-22)23-15-9-4-10-16-23/h2-19,27,32H,20H2,1H3/t27-/m1/s1. The molecule has 4 aromatic carbocycles. The van der Waals surface area contributed by atoms with Crippen LogP contribution < -0.4 is 10.1 Å². The first kappa shape index (κ1) is 24.1. The van der Waals surface area contributed by atoms with Crippen LogP contribution in [0, 0.1) is 11.6 Å². The Labute approximate surface area is 203 Å². The van der Waals surface area contributed by atoms with Gasteiger partial charge in [-0.2, -0.15) is 0 Å². The van der Waals surface area contributed by atoms with Crippen molar-refractivity contribution in [2.45, 2.75) is 11.6 Å². The van der Waals surface area contributed by atoms with Crippen LogP contribution in [0.3, 0.4) is 0 Å². The second kappa shape index (κ2) is 10.9. The van der Waals surface area contributed by atoms with Gasteiger partial charge in [-0.3, -0.25) is 10.1 Å². The fourth-order valence-corrected chi connectivity index (χ4v) is 4.13. The number of nitrogens with one attached hydrogen (secondary N) is 1. The number of methoxy groups -OCH3 is 1. The quantitative estimate of drug-likeness (QED) is 0.259. The van der Waals surface area contributed by atoms with E-state index >= 15 is 0 Å². The summed E-state index contributed by atoms with van der Waals surface area (Å²) >= 11 is 0. The van der Waals surface area contributed by atoms with E-state index < -0.39 is 29.2 Å². The minimum Gasteiger partial charge on any atom is -0.491 e. The van der Waals surface area contributed by atoms with Crippen LogP contribution in [-0.2, 0) is 15.1 Å². The third-order valence-corrected chi connectivity index (χ3v) is 5.80. The van der Waals surface area contributed by atoms with Gasteiger partial charge in [0.25, 0.3) is 0 Å². The fourth-order valence-electron chi connectivity index (χ4n) is 4.13. The van der Waals surface area contributed by atoms with Crippen molar-refractivity contribution in [1.29, 1.82) is 0 Å². The molecule has 0 amide bonds. The number of hydrogen-bond acceptors (Lipinski definition) is 4. The van der Waals surface area contributed by atoms with Crippen LogP contribution in [0.2, 0.25) is 0 Å². The molecule has 0 fully saturated rings. The maximum atomic E-state index is 13.7. The third kappa shape index (κ3) is 5.23. The predicted octanol–water partition coefficient (Wildman–Crippen LogP) is 5.47. The van der Waals surface area contributed by atoms with E-state index in [1.807, 2.05) is 91.0 Å². The van der Waals surface area contributed by atoms with Crippen LogP contribution in [-0.4, -0.2) is 25.7 Å². The lowest BCUT2D eigenvalue weighted by Gasteiger charge is -2.39. The van der Waals surface area contributed by atoms with Gasteiger partial charge in [-0.05, 0) is 28.8 Å². The molecule has 4 nitrogen and oxygen atoms in total. The highest BCUT2D eigenvalue weighted by atomic mass is 19.2. The molecule has 0 heterocycles. The maximum absolute atomic E-state index is 13.7. The van der Waals surface area contributed by atoms with Crippen molar-refractivity contribution in [2.24, 2.45) is 0 Å². The van der Waals surface area contributed by atoms with Crippen LogP contribution in [0.1, 0.15) is 16.7 Å². The molecule has 35 heavy (non-hydrogen) atoms. The Balaban J connectivity index is 1.80. The summed E-state index contributed by atoms with van der Waals surface area (Å²) in [4.78, 5) is 12.9. The molecule has 1 atom stereocenters. The third-order valence-electron chi connectivity index (χ3n) is 5.80. The van der Waals surface area contributed by atoms with Crippen molar-refractivity contribution in [2.75, 3.05) is 13.7 Å². The minimum atomic E-state index is -1.03. The second-order valence-electron chi connectivity index (χ2n) is 7.96. The predicted molar refractivity (Wildman–Crippen MR) is 130 cm³/mol. The zero-order valence-electron chi connectivity index (χ0n) is 19.2. The van der Waals surface area contributed by atoms with E-state index in [1.54, 1.807) is 0 Å². The Morgan fingerprint density at radius 3 is 1.69 bits per heavy atom. The molecule has 4 rings (SSSR count). The van der Waals surface area contributed by atoms with E-state index in [2.05, 4.69) is 5.32 Å². The first-order valence-electron chi connectivity index (χ1n) is 11.1. The molecule has 0 aliphatic rings. The van der Waals surface area contributed by atoms with Gasteiger partial charge < -0.3 is 9.47 Å². The van der Waals surface area contributed by atoms with Gasteiger partial charge in [0.2, 0.25) is 0 Å². The highest BCUT2D eigenvalue weighted by Crippen LogP contribution is 2.37. The van der Waals surface area contributed by atoms with Crippen LogP contribution in [0.4, 0.5) is 8.78 Å². The van der Waals surface area contributed by atoms with Gasteiger partial charge in [0, 0.05) is 6.07 Å². The summed E-state index contributed by atoms with van der Waals surface area (Å²) < 4.78 is 37.8. The maximum Gasteiger partial charge on any atom is 0.326 e. The highest BCUT2D eigenvalue weighted by molar-refractivity contribution is 5.76. The summed E-state index contributed by atoms with van der Waals surface area (Å²) in [7, 11) is 1.30. The van der Waals surface area contributed by atoms with Gasteiger partial charge in [-0.1, -0.05) is 91.0 Å². The summed E-state index contributed by atoms with van der Waals surface area (Å²) in [6.07, 6.45) is 0. The van der Waals surface area contributed by atoms with Gasteiger partial charge in [-0.25, -0.2) is 8.78 Å². The monoisotopic (exact) mass is 473 g/mol. The summed E-state index contributed by atoms with van der Waals surface area (Å²) in [5, 5.41) is 3.50. The van der Waals surface area contributed by atoms with Crippen molar-refractivity contribution < 1.29 is 23.0 Å². The SMILES string of the molecule is COC(=O)[C@@H](COc1ccc(F)c(F)c1)NC(c1ccccc1)(c1ccccc1)c1ccccc1. The van der Waals surface area contributed by atoms with E-state index in [0.29, 0.717) is 0 Å². The fraction of sp³-hybridized carbons (Fsp3) is 0.138. The zero-order chi connectivity index (χ0) is 24.7. The molecule has 178 valence electrons. The normalized spacial score (nSPS) is 12.1. The smallest absolute Gasteiger partial charge is 0.326 e. The van der Waals surface area contributed by atoms with Crippen LogP contribution in [0.25, 0.3) is 0 Å².